The van der Waals surface area contributed by atoms with E-state index < -0.39 is 0 Å². The molecule has 24 heavy (non-hydrogen) atoms. The quantitative estimate of drug-likeness (QED) is 0.422. The van der Waals surface area contributed by atoms with Crippen molar-refractivity contribution in [1.29, 1.82) is 0 Å². The number of anilines is 1. The summed E-state index contributed by atoms with van der Waals surface area (Å²) in [5.74, 6) is 1.82. The lowest BCUT2D eigenvalue weighted by Gasteiger charge is -2.36. The maximum absolute atomic E-state index is 5.77. The first-order valence-corrected chi connectivity index (χ1v) is 8.30. The molecule has 0 bridgehead atoms. The van der Waals surface area contributed by atoms with Crippen LogP contribution < -0.4 is 15.5 Å². The van der Waals surface area contributed by atoms with Gasteiger partial charge in [0.2, 0.25) is 0 Å². The van der Waals surface area contributed by atoms with Gasteiger partial charge in [-0.25, -0.2) is 4.98 Å². The summed E-state index contributed by atoms with van der Waals surface area (Å²) in [4.78, 5) is 11.1. The topological polar surface area (TPSA) is 61.8 Å². The third kappa shape index (κ3) is 6.43. The van der Waals surface area contributed by atoms with Gasteiger partial charge in [-0.2, -0.15) is 0 Å². The summed E-state index contributed by atoms with van der Waals surface area (Å²) in [5.41, 5.74) is 1.13. The number of pyridine rings is 1. The fraction of sp³-hybridized carbons (Fsp3) is 0.647. The summed E-state index contributed by atoms with van der Waals surface area (Å²) in [6, 6.07) is 4.55. The van der Waals surface area contributed by atoms with E-state index in [1.807, 2.05) is 6.20 Å². The van der Waals surface area contributed by atoms with Crippen LogP contribution in [0.25, 0.3) is 0 Å². The molecule has 6 nitrogen and oxygen atoms in total. The Balaban J connectivity index is 0.00000288. The van der Waals surface area contributed by atoms with E-state index in [0.717, 1.165) is 30.4 Å². The van der Waals surface area contributed by atoms with E-state index in [4.69, 9.17) is 4.74 Å². The molecule has 1 aliphatic rings. The summed E-state index contributed by atoms with van der Waals surface area (Å²) in [6.07, 6.45) is 2.41. The van der Waals surface area contributed by atoms with Gasteiger partial charge in [-0.1, -0.05) is 6.07 Å². The Hall–Kier alpha value is -1.09. The molecular formula is C17H30IN5O. The van der Waals surface area contributed by atoms with E-state index in [0.29, 0.717) is 12.6 Å². The lowest BCUT2D eigenvalue weighted by atomic mass is 10.2. The SMILES string of the molecule is CN=C(NCc1ccc(N2CC(C)OC(C)C2)nc1)NC(C)C.I. The fourth-order valence-electron chi connectivity index (χ4n) is 2.73. The monoisotopic (exact) mass is 447 g/mol. The molecule has 0 aromatic carbocycles. The Labute approximate surface area is 162 Å². The van der Waals surface area contributed by atoms with Crippen LogP contribution in [0.4, 0.5) is 5.82 Å². The van der Waals surface area contributed by atoms with E-state index >= 15 is 0 Å². The molecule has 0 radical (unpaired) electrons. The first-order chi connectivity index (χ1) is 11.0. The molecular weight excluding hydrogens is 417 g/mol. The Morgan fingerprint density at radius 3 is 2.50 bits per heavy atom. The Morgan fingerprint density at radius 1 is 1.33 bits per heavy atom. The lowest BCUT2D eigenvalue weighted by molar-refractivity contribution is -0.00545. The minimum absolute atomic E-state index is 0. The minimum atomic E-state index is 0. The van der Waals surface area contributed by atoms with E-state index in [1.165, 1.54) is 0 Å². The number of morpholine rings is 1. The maximum Gasteiger partial charge on any atom is 0.191 e. The normalized spacial score (nSPS) is 21.4. The molecule has 0 spiro atoms. The molecule has 2 heterocycles. The van der Waals surface area contributed by atoms with Crippen molar-refractivity contribution >= 4 is 35.8 Å². The zero-order valence-electron chi connectivity index (χ0n) is 15.2. The maximum atomic E-state index is 5.77. The van der Waals surface area contributed by atoms with Crippen LogP contribution in [-0.4, -0.2) is 49.3 Å². The molecule has 2 rings (SSSR count). The van der Waals surface area contributed by atoms with Crippen molar-refractivity contribution < 1.29 is 4.74 Å². The number of rotatable bonds is 4. The highest BCUT2D eigenvalue weighted by atomic mass is 127. The number of nitrogens with one attached hydrogen (secondary N) is 2. The van der Waals surface area contributed by atoms with Gasteiger partial charge < -0.3 is 20.3 Å². The summed E-state index contributed by atoms with van der Waals surface area (Å²) in [7, 11) is 1.78. The fourth-order valence-corrected chi connectivity index (χ4v) is 2.73. The van der Waals surface area contributed by atoms with Gasteiger partial charge in [0.1, 0.15) is 5.82 Å². The van der Waals surface area contributed by atoms with Crippen molar-refractivity contribution in [3.05, 3.63) is 23.9 Å². The molecule has 0 aliphatic carbocycles. The third-order valence-corrected chi connectivity index (χ3v) is 3.66. The molecule has 0 saturated carbocycles. The predicted octanol–water partition coefficient (Wildman–Crippen LogP) is 2.39. The number of hydrogen-bond acceptors (Lipinski definition) is 4. The molecule has 7 heteroatoms. The Kier molecular flexibility index (Phi) is 8.75. The molecule has 136 valence electrons. The molecule has 2 N–H and O–H groups in total. The van der Waals surface area contributed by atoms with Gasteiger partial charge in [0.25, 0.3) is 0 Å². The molecule has 1 aromatic heterocycles. The average Bonchev–Trinajstić information content (AvgIpc) is 2.50. The van der Waals surface area contributed by atoms with E-state index in [1.54, 1.807) is 7.05 Å². The van der Waals surface area contributed by atoms with Crippen molar-refractivity contribution in [2.45, 2.75) is 52.5 Å². The van der Waals surface area contributed by atoms with Gasteiger partial charge in [-0.3, -0.25) is 4.99 Å². The third-order valence-electron chi connectivity index (χ3n) is 3.66. The summed E-state index contributed by atoms with van der Waals surface area (Å²) in [5, 5.41) is 6.56. The summed E-state index contributed by atoms with van der Waals surface area (Å²) < 4.78 is 5.77. The van der Waals surface area contributed by atoms with Gasteiger partial charge in [-0.05, 0) is 39.3 Å². The lowest BCUT2D eigenvalue weighted by Crippen LogP contribution is -2.45. The first-order valence-electron chi connectivity index (χ1n) is 8.30. The standard InChI is InChI=1S/C17H29N5O.HI/c1-12(2)21-17(18-5)20-9-15-6-7-16(19-8-15)22-10-13(3)23-14(4)11-22;/h6-8,12-14H,9-11H2,1-5H3,(H2,18,20,21);1H. The molecule has 1 saturated heterocycles. The van der Waals surface area contributed by atoms with Crippen molar-refractivity contribution in [3.63, 3.8) is 0 Å². The van der Waals surface area contributed by atoms with Gasteiger partial charge in [0.05, 0.1) is 12.2 Å². The second-order valence-corrected chi connectivity index (χ2v) is 6.41. The number of nitrogens with zero attached hydrogens (tertiary/aromatic N) is 3. The van der Waals surface area contributed by atoms with E-state index in [2.05, 4.69) is 65.3 Å². The van der Waals surface area contributed by atoms with Gasteiger partial charge in [0.15, 0.2) is 5.96 Å². The van der Waals surface area contributed by atoms with Crippen LogP contribution in [0.3, 0.4) is 0 Å². The molecule has 1 aliphatic heterocycles. The van der Waals surface area contributed by atoms with Crippen molar-refractivity contribution in [3.8, 4) is 0 Å². The van der Waals surface area contributed by atoms with Crippen molar-refractivity contribution in [2.24, 2.45) is 4.99 Å². The van der Waals surface area contributed by atoms with Crippen LogP contribution in [0.15, 0.2) is 23.3 Å². The highest BCUT2D eigenvalue weighted by molar-refractivity contribution is 14.0. The van der Waals surface area contributed by atoms with Crippen LogP contribution in [-0.2, 0) is 11.3 Å². The number of ether oxygens (including phenoxy) is 1. The highest BCUT2D eigenvalue weighted by Crippen LogP contribution is 2.18. The van der Waals surface area contributed by atoms with Crippen LogP contribution in [0.1, 0.15) is 33.3 Å². The molecule has 1 fully saturated rings. The highest BCUT2D eigenvalue weighted by Gasteiger charge is 2.22. The summed E-state index contributed by atoms with van der Waals surface area (Å²) in [6.45, 7) is 10.9. The minimum Gasteiger partial charge on any atom is -0.372 e. The van der Waals surface area contributed by atoms with Crippen molar-refractivity contribution in [2.75, 3.05) is 25.0 Å². The largest absolute Gasteiger partial charge is 0.372 e. The smallest absolute Gasteiger partial charge is 0.191 e. The van der Waals surface area contributed by atoms with Crippen LogP contribution in [0.2, 0.25) is 0 Å². The number of aliphatic imine (C=N–C) groups is 1. The summed E-state index contributed by atoms with van der Waals surface area (Å²) >= 11 is 0. The number of hydrogen-bond donors (Lipinski definition) is 2. The van der Waals surface area contributed by atoms with Crippen LogP contribution >= 0.6 is 24.0 Å². The predicted molar refractivity (Wildman–Crippen MR) is 110 cm³/mol. The number of aromatic nitrogens is 1. The van der Waals surface area contributed by atoms with Crippen LogP contribution in [0, 0.1) is 0 Å². The molecule has 1 aromatic rings. The van der Waals surface area contributed by atoms with E-state index in [9.17, 15) is 0 Å². The average molecular weight is 447 g/mol. The Morgan fingerprint density at radius 2 is 2.00 bits per heavy atom. The second-order valence-electron chi connectivity index (χ2n) is 6.41. The Bertz CT molecular complexity index is 510. The molecule has 2 unspecified atom stereocenters. The van der Waals surface area contributed by atoms with E-state index in [-0.39, 0.29) is 36.2 Å². The number of guanidine groups is 1. The van der Waals surface area contributed by atoms with Gasteiger partial charge in [0, 0.05) is 38.9 Å². The second kappa shape index (κ2) is 10.0. The zero-order valence-corrected chi connectivity index (χ0v) is 17.6. The zero-order chi connectivity index (χ0) is 16.8. The van der Waals surface area contributed by atoms with Crippen molar-refractivity contribution in [1.82, 2.24) is 15.6 Å². The van der Waals surface area contributed by atoms with Crippen LogP contribution in [0.5, 0.6) is 0 Å². The number of halogens is 1. The first kappa shape index (κ1) is 21.0. The molecule has 2 atom stereocenters. The molecule has 0 amide bonds. The van der Waals surface area contributed by atoms with Gasteiger partial charge in [-0.15, -0.1) is 24.0 Å². The van der Waals surface area contributed by atoms with Gasteiger partial charge >= 0.3 is 0 Å².